The van der Waals surface area contributed by atoms with E-state index in [-0.39, 0.29) is 17.0 Å². The molecule has 1 aliphatic rings. The molecule has 7 heteroatoms. The highest BCUT2D eigenvalue weighted by molar-refractivity contribution is 7.99. The zero-order chi connectivity index (χ0) is 13.7. The van der Waals surface area contributed by atoms with Gasteiger partial charge in [-0.3, -0.25) is 10.1 Å². The van der Waals surface area contributed by atoms with E-state index in [9.17, 15) is 4.79 Å². The monoisotopic (exact) mass is 301 g/mol. The van der Waals surface area contributed by atoms with Gasteiger partial charge in [-0.2, -0.15) is 16.7 Å². The average molecular weight is 302 g/mol. The standard InChI is InChI=1S/C12H16ClN3O2S/c1-18-11-7-9(13)14-12(16-11)15-10(17)6-8-2-4-19-5-3-8/h7-8H,2-6H2,1H3,(H,14,15,16,17). The number of hydrogen-bond donors (Lipinski definition) is 1. The Balaban J connectivity index is 1.92. The number of thioether (sulfide) groups is 1. The van der Waals surface area contributed by atoms with Gasteiger partial charge in [0.15, 0.2) is 0 Å². The molecule has 5 nitrogen and oxygen atoms in total. The largest absolute Gasteiger partial charge is 0.481 e. The Kier molecular flexibility index (Phi) is 5.27. The quantitative estimate of drug-likeness (QED) is 0.866. The molecular formula is C12H16ClN3O2S. The Hall–Kier alpha value is -1.01. The molecule has 1 saturated heterocycles. The predicted molar refractivity (Wildman–Crippen MR) is 76.9 cm³/mol. The van der Waals surface area contributed by atoms with Crippen LogP contribution < -0.4 is 10.1 Å². The summed E-state index contributed by atoms with van der Waals surface area (Å²) in [5.74, 6) is 3.20. The molecule has 1 N–H and O–H groups in total. The van der Waals surface area contributed by atoms with Gasteiger partial charge in [0.25, 0.3) is 0 Å². The predicted octanol–water partition coefficient (Wildman–Crippen LogP) is 2.61. The summed E-state index contributed by atoms with van der Waals surface area (Å²) < 4.78 is 4.98. The van der Waals surface area contributed by atoms with E-state index < -0.39 is 0 Å². The summed E-state index contributed by atoms with van der Waals surface area (Å²) in [5.41, 5.74) is 0. The molecule has 0 bridgehead atoms. The number of carbonyl (C=O) groups excluding carboxylic acids is 1. The summed E-state index contributed by atoms with van der Waals surface area (Å²) in [6.45, 7) is 0. The smallest absolute Gasteiger partial charge is 0.234 e. The second-order valence-corrected chi connectivity index (χ2v) is 5.98. The van der Waals surface area contributed by atoms with E-state index in [1.54, 1.807) is 0 Å². The number of anilines is 1. The number of aromatic nitrogens is 2. The van der Waals surface area contributed by atoms with E-state index in [2.05, 4.69) is 15.3 Å². The summed E-state index contributed by atoms with van der Waals surface area (Å²) in [7, 11) is 1.49. The van der Waals surface area contributed by atoms with Crippen molar-refractivity contribution in [1.29, 1.82) is 0 Å². The van der Waals surface area contributed by atoms with Gasteiger partial charge in [0, 0.05) is 12.5 Å². The van der Waals surface area contributed by atoms with Crippen molar-refractivity contribution in [1.82, 2.24) is 9.97 Å². The molecule has 1 aromatic rings. The lowest BCUT2D eigenvalue weighted by atomic mass is 9.98. The summed E-state index contributed by atoms with van der Waals surface area (Å²) in [6, 6.07) is 1.50. The minimum Gasteiger partial charge on any atom is -0.481 e. The van der Waals surface area contributed by atoms with Gasteiger partial charge < -0.3 is 4.74 Å². The van der Waals surface area contributed by atoms with Crippen LogP contribution in [0.25, 0.3) is 0 Å². The van der Waals surface area contributed by atoms with Crippen LogP contribution in [0.2, 0.25) is 5.15 Å². The molecule has 0 aromatic carbocycles. The van der Waals surface area contributed by atoms with Gasteiger partial charge in [0.1, 0.15) is 5.15 Å². The van der Waals surface area contributed by atoms with Crippen LogP contribution >= 0.6 is 23.4 Å². The molecule has 2 rings (SSSR count). The molecule has 1 aromatic heterocycles. The second kappa shape index (κ2) is 6.96. The topological polar surface area (TPSA) is 64.1 Å². The maximum Gasteiger partial charge on any atom is 0.234 e. The minimum atomic E-state index is -0.0683. The van der Waals surface area contributed by atoms with Crippen LogP contribution in [-0.2, 0) is 4.79 Å². The molecular weight excluding hydrogens is 286 g/mol. The van der Waals surface area contributed by atoms with Crippen molar-refractivity contribution < 1.29 is 9.53 Å². The first kappa shape index (κ1) is 14.4. The molecule has 0 spiro atoms. The third kappa shape index (κ3) is 4.54. The lowest BCUT2D eigenvalue weighted by Crippen LogP contribution is -2.20. The molecule has 0 saturated carbocycles. The Bertz CT molecular complexity index is 453. The number of hydrogen-bond acceptors (Lipinski definition) is 5. The Labute approximate surface area is 121 Å². The first-order valence-corrected chi connectivity index (χ1v) is 7.67. The number of methoxy groups -OCH3 is 1. The fourth-order valence-electron chi connectivity index (χ4n) is 1.95. The van der Waals surface area contributed by atoms with Crippen LogP contribution in [-0.4, -0.2) is 34.5 Å². The lowest BCUT2D eigenvalue weighted by Gasteiger charge is -2.20. The van der Waals surface area contributed by atoms with Crippen LogP contribution in [0.5, 0.6) is 5.88 Å². The van der Waals surface area contributed by atoms with E-state index in [1.165, 1.54) is 13.2 Å². The van der Waals surface area contributed by atoms with E-state index in [0.717, 1.165) is 24.3 Å². The number of amides is 1. The van der Waals surface area contributed by atoms with Crippen molar-refractivity contribution in [2.24, 2.45) is 5.92 Å². The van der Waals surface area contributed by atoms with Crippen molar-refractivity contribution in [2.45, 2.75) is 19.3 Å². The Morgan fingerprint density at radius 3 is 2.95 bits per heavy atom. The molecule has 2 heterocycles. The van der Waals surface area contributed by atoms with E-state index >= 15 is 0 Å². The summed E-state index contributed by atoms with van der Waals surface area (Å²) in [5, 5.41) is 2.92. The van der Waals surface area contributed by atoms with Crippen LogP contribution in [0.3, 0.4) is 0 Å². The summed E-state index contributed by atoms with van der Waals surface area (Å²) >= 11 is 7.77. The van der Waals surface area contributed by atoms with Gasteiger partial charge >= 0.3 is 0 Å². The number of rotatable bonds is 4. The first-order chi connectivity index (χ1) is 9.17. The van der Waals surface area contributed by atoms with Gasteiger partial charge in [0.05, 0.1) is 7.11 Å². The minimum absolute atomic E-state index is 0.0683. The van der Waals surface area contributed by atoms with E-state index in [4.69, 9.17) is 16.3 Å². The van der Waals surface area contributed by atoms with Gasteiger partial charge in [0.2, 0.25) is 17.7 Å². The molecule has 0 atom stereocenters. The van der Waals surface area contributed by atoms with Crippen molar-refractivity contribution in [3.05, 3.63) is 11.2 Å². The molecule has 1 amide bonds. The third-order valence-corrected chi connectivity index (χ3v) is 4.19. The summed E-state index contributed by atoms with van der Waals surface area (Å²) in [6.07, 6.45) is 2.70. The SMILES string of the molecule is COc1cc(Cl)nc(NC(=O)CC2CCSCC2)n1. The molecule has 1 fully saturated rings. The number of ether oxygens (including phenoxy) is 1. The molecule has 0 radical (unpaired) electrons. The van der Waals surface area contributed by atoms with E-state index in [0.29, 0.717) is 18.2 Å². The molecule has 1 aliphatic heterocycles. The fourth-order valence-corrected chi connectivity index (χ4v) is 3.32. The maximum absolute atomic E-state index is 11.9. The molecule has 104 valence electrons. The van der Waals surface area contributed by atoms with Gasteiger partial charge in [-0.15, -0.1) is 0 Å². The third-order valence-electron chi connectivity index (χ3n) is 2.95. The van der Waals surface area contributed by atoms with Crippen LogP contribution in [0, 0.1) is 5.92 Å². The maximum atomic E-state index is 11.9. The zero-order valence-electron chi connectivity index (χ0n) is 10.7. The normalized spacial score (nSPS) is 16.1. The van der Waals surface area contributed by atoms with Crippen molar-refractivity contribution in [3.8, 4) is 5.88 Å². The number of nitrogens with zero attached hydrogens (tertiary/aromatic N) is 2. The second-order valence-electron chi connectivity index (χ2n) is 4.36. The summed E-state index contributed by atoms with van der Waals surface area (Å²) in [4.78, 5) is 19.9. The number of halogens is 1. The molecule has 0 unspecified atom stereocenters. The van der Waals surface area contributed by atoms with Crippen LogP contribution in [0.4, 0.5) is 5.95 Å². The highest BCUT2D eigenvalue weighted by Gasteiger charge is 2.18. The highest BCUT2D eigenvalue weighted by Crippen LogP contribution is 2.25. The van der Waals surface area contributed by atoms with Gasteiger partial charge in [-0.25, -0.2) is 4.98 Å². The molecule has 0 aliphatic carbocycles. The van der Waals surface area contributed by atoms with E-state index in [1.807, 2.05) is 11.8 Å². The van der Waals surface area contributed by atoms with Crippen LogP contribution in [0.1, 0.15) is 19.3 Å². The van der Waals surface area contributed by atoms with Crippen molar-refractivity contribution in [2.75, 3.05) is 23.9 Å². The van der Waals surface area contributed by atoms with Crippen LogP contribution in [0.15, 0.2) is 6.07 Å². The number of nitrogens with one attached hydrogen (secondary N) is 1. The Morgan fingerprint density at radius 1 is 1.53 bits per heavy atom. The first-order valence-electron chi connectivity index (χ1n) is 6.13. The fraction of sp³-hybridized carbons (Fsp3) is 0.583. The highest BCUT2D eigenvalue weighted by atomic mass is 35.5. The zero-order valence-corrected chi connectivity index (χ0v) is 12.3. The van der Waals surface area contributed by atoms with Gasteiger partial charge in [-0.05, 0) is 30.3 Å². The number of carbonyl (C=O) groups is 1. The Morgan fingerprint density at radius 2 is 2.26 bits per heavy atom. The van der Waals surface area contributed by atoms with Crippen molar-refractivity contribution in [3.63, 3.8) is 0 Å². The lowest BCUT2D eigenvalue weighted by molar-refractivity contribution is -0.117. The average Bonchev–Trinajstić information content (AvgIpc) is 2.38. The van der Waals surface area contributed by atoms with Crippen molar-refractivity contribution >= 4 is 35.2 Å². The molecule has 19 heavy (non-hydrogen) atoms. The van der Waals surface area contributed by atoms with Gasteiger partial charge in [-0.1, -0.05) is 11.6 Å².